The number of aliphatic imine (C=N–C) groups is 1. The van der Waals surface area contributed by atoms with Gasteiger partial charge in [-0.25, -0.2) is 4.99 Å². The molecule has 2 fully saturated rings. The SMILES string of the molecule is CCNC(=NCc1ccc(C)nc1)N1CCC2(CCOC2)C1.I. The van der Waals surface area contributed by atoms with Crippen LogP contribution in [0.5, 0.6) is 0 Å². The Hall–Kier alpha value is -0.890. The van der Waals surface area contributed by atoms with Crippen LogP contribution in [0.1, 0.15) is 31.0 Å². The highest BCUT2D eigenvalue weighted by atomic mass is 127. The second-order valence-corrected chi connectivity index (χ2v) is 6.45. The maximum absolute atomic E-state index is 5.62. The molecule has 1 aromatic heterocycles. The number of aromatic nitrogens is 1. The van der Waals surface area contributed by atoms with E-state index in [9.17, 15) is 0 Å². The predicted octanol–water partition coefficient (Wildman–Crippen LogP) is 2.59. The number of nitrogens with zero attached hydrogens (tertiary/aromatic N) is 3. The Morgan fingerprint density at radius 1 is 1.43 bits per heavy atom. The van der Waals surface area contributed by atoms with Crippen LogP contribution in [0.4, 0.5) is 0 Å². The Morgan fingerprint density at radius 2 is 2.30 bits per heavy atom. The number of hydrogen-bond acceptors (Lipinski definition) is 3. The van der Waals surface area contributed by atoms with Crippen molar-refractivity contribution >= 4 is 29.9 Å². The minimum absolute atomic E-state index is 0. The molecule has 0 amide bonds. The van der Waals surface area contributed by atoms with Crippen LogP contribution < -0.4 is 5.32 Å². The first-order valence-electron chi connectivity index (χ1n) is 8.23. The van der Waals surface area contributed by atoms with Gasteiger partial charge >= 0.3 is 0 Å². The molecule has 2 saturated heterocycles. The average molecular weight is 430 g/mol. The molecule has 2 aliphatic rings. The fourth-order valence-corrected chi connectivity index (χ4v) is 3.27. The number of rotatable bonds is 3. The second kappa shape index (κ2) is 8.28. The lowest BCUT2D eigenvalue weighted by atomic mass is 9.87. The highest BCUT2D eigenvalue weighted by Gasteiger charge is 2.42. The minimum Gasteiger partial charge on any atom is -0.381 e. The van der Waals surface area contributed by atoms with Crippen molar-refractivity contribution in [3.05, 3.63) is 29.6 Å². The molecule has 128 valence electrons. The summed E-state index contributed by atoms with van der Waals surface area (Å²) in [5.74, 6) is 1.02. The molecular formula is C17H27IN4O. The number of pyridine rings is 1. The van der Waals surface area contributed by atoms with Crippen molar-refractivity contribution in [2.45, 2.75) is 33.2 Å². The summed E-state index contributed by atoms with van der Waals surface area (Å²) in [6, 6.07) is 4.14. The van der Waals surface area contributed by atoms with Gasteiger partial charge in [0, 0.05) is 43.5 Å². The van der Waals surface area contributed by atoms with Crippen molar-refractivity contribution in [3.63, 3.8) is 0 Å². The number of guanidine groups is 1. The van der Waals surface area contributed by atoms with Crippen molar-refractivity contribution in [2.24, 2.45) is 10.4 Å². The van der Waals surface area contributed by atoms with Gasteiger partial charge < -0.3 is 15.0 Å². The van der Waals surface area contributed by atoms with Gasteiger partial charge in [0.1, 0.15) is 0 Å². The molecule has 1 N–H and O–H groups in total. The Bertz CT molecular complexity index is 526. The van der Waals surface area contributed by atoms with Crippen LogP contribution in [0.2, 0.25) is 0 Å². The summed E-state index contributed by atoms with van der Waals surface area (Å²) >= 11 is 0. The highest BCUT2D eigenvalue weighted by molar-refractivity contribution is 14.0. The first-order valence-corrected chi connectivity index (χ1v) is 8.23. The van der Waals surface area contributed by atoms with Gasteiger partial charge in [-0.3, -0.25) is 4.98 Å². The van der Waals surface area contributed by atoms with Crippen molar-refractivity contribution in [2.75, 3.05) is 32.8 Å². The van der Waals surface area contributed by atoms with Gasteiger partial charge in [-0.15, -0.1) is 24.0 Å². The number of nitrogens with one attached hydrogen (secondary N) is 1. The van der Waals surface area contributed by atoms with Gasteiger partial charge in [0.25, 0.3) is 0 Å². The van der Waals surface area contributed by atoms with E-state index in [1.54, 1.807) is 0 Å². The molecule has 3 rings (SSSR count). The van der Waals surface area contributed by atoms with Gasteiger partial charge in [-0.1, -0.05) is 6.07 Å². The predicted molar refractivity (Wildman–Crippen MR) is 103 cm³/mol. The molecule has 1 unspecified atom stereocenters. The topological polar surface area (TPSA) is 49.8 Å². The summed E-state index contributed by atoms with van der Waals surface area (Å²) < 4.78 is 5.62. The molecule has 1 spiro atoms. The third-order valence-corrected chi connectivity index (χ3v) is 4.64. The molecule has 0 bridgehead atoms. The molecule has 1 atom stereocenters. The van der Waals surface area contributed by atoms with E-state index in [1.807, 2.05) is 19.2 Å². The quantitative estimate of drug-likeness (QED) is 0.455. The van der Waals surface area contributed by atoms with Gasteiger partial charge in [0.05, 0.1) is 13.2 Å². The minimum atomic E-state index is 0. The molecule has 0 saturated carbocycles. The molecule has 6 heteroatoms. The first-order chi connectivity index (χ1) is 10.7. The molecule has 5 nitrogen and oxygen atoms in total. The van der Waals surface area contributed by atoms with Crippen LogP contribution >= 0.6 is 24.0 Å². The van der Waals surface area contributed by atoms with Crippen molar-refractivity contribution in [3.8, 4) is 0 Å². The molecule has 23 heavy (non-hydrogen) atoms. The smallest absolute Gasteiger partial charge is 0.194 e. The van der Waals surface area contributed by atoms with Gasteiger partial charge in [-0.05, 0) is 38.3 Å². The Labute approximate surface area is 155 Å². The van der Waals surface area contributed by atoms with Crippen molar-refractivity contribution in [1.29, 1.82) is 0 Å². The normalized spacial score (nSPS) is 24.1. The third-order valence-electron chi connectivity index (χ3n) is 4.64. The van der Waals surface area contributed by atoms with Crippen LogP contribution in [0.15, 0.2) is 23.3 Å². The van der Waals surface area contributed by atoms with Crippen LogP contribution in [0.25, 0.3) is 0 Å². The van der Waals surface area contributed by atoms with E-state index in [-0.39, 0.29) is 24.0 Å². The summed E-state index contributed by atoms with van der Waals surface area (Å²) in [6.07, 6.45) is 4.31. The lowest BCUT2D eigenvalue weighted by Crippen LogP contribution is -2.41. The average Bonchev–Trinajstić information content (AvgIpc) is 3.16. The van der Waals surface area contributed by atoms with E-state index >= 15 is 0 Å². The maximum atomic E-state index is 5.62. The monoisotopic (exact) mass is 430 g/mol. The number of likely N-dealkylation sites (tertiary alicyclic amines) is 1. The standard InChI is InChI=1S/C17H26N4O.HI/c1-3-18-16(20-11-15-5-4-14(2)19-10-15)21-8-6-17(12-21)7-9-22-13-17;/h4-5,10H,3,6-9,11-13H2,1-2H3,(H,18,20);1H. The Balaban J connectivity index is 0.00000192. The van der Waals surface area contributed by atoms with E-state index in [2.05, 4.69) is 28.2 Å². The second-order valence-electron chi connectivity index (χ2n) is 6.45. The number of hydrogen-bond donors (Lipinski definition) is 1. The molecule has 0 aromatic carbocycles. The zero-order valence-electron chi connectivity index (χ0n) is 14.0. The fraction of sp³-hybridized carbons (Fsp3) is 0.647. The molecule has 2 aliphatic heterocycles. The molecule has 0 aliphatic carbocycles. The van der Waals surface area contributed by atoms with Crippen LogP contribution in [0, 0.1) is 12.3 Å². The van der Waals surface area contributed by atoms with E-state index in [4.69, 9.17) is 9.73 Å². The lowest BCUT2D eigenvalue weighted by molar-refractivity contribution is 0.156. The van der Waals surface area contributed by atoms with Crippen LogP contribution in [-0.2, 0) is 11.3 Å². The van der Waals surface area contributed by atoms with Crippen molar-refractivity contribution < 1.29 is 4.74 Å². The van der Waals surface area contributed by atoms with E-state index < -0.39 is 0 Å². The number of aryl methyl sites for hydroxylation is 1. The van der Waals surface area contributed by atoms with E-state index in [1.165, 1.54) is 12.8 Å². The first kappa shape index (κ1) is 18.4. The summed E-state index contributed by atoms with van der Waals surface area (Å²) in [5, 5.41) is 3.43. The molecular weight excluding hydrogens is 403 g/mol. The zero-order chi connectivity index (χ0) is 15.4. The van der Waals surface area contributed by atoms with Crippen LogP contribution in [0.3, 0.4) is 0 Å². The van der Waals surface area contributed by atoms with E-state index in [0.29, 0.717) is 12.0 Å². The van der Waals surface area contributed by atoms with Crippen molar-refractivity contribution in [1.82, 2.24) is 15.2 Å². The molecule has 0 radical (unpaired) electrons. The van der Waals surface area contributed by atoms with Gasteiger partial charge in [-0.2, -0.15) is 0 Å². The van der Waals surface area contributed by atoms with Gasteiger partial charge in [0.15, 0.2) is 5.96 Å². The summed E-state index contributed by atoms with van der Waals surface area (Å²) in [7, 11) is 0. The number of ether oxygens (including phenoxy) is 1. The van der Waals surface area contributed by atoms with Crippen LogP contribution in [-0.4, -0.2) is 48.7 Å². The van der Waals surface area contributed by atoms with Gasteiger partial charge in [0.2, 0.25) is 0 Å². The summed E-state index contributed by atoms with van der Waals surface area (Å²) in [6.45, 7) is 9.65. The maximum Gasteiger partial charge on any atom is 0.194 e. The molecule has 1 aromatic rings. The van der Waals surface area contributed by atoms with E-state index in [0.717, 1.165) is 50.1 Å². The summed E-state index contributed by atoms with van der Waals surface area (Å²) in [4.78, 5) is 11.5. The lowest BCUT2D eigenvalue weighted by Gasteiger charge is -2.25. The Morgan fingerprint density at radius 3 is 2.96 bits per heavy atom. The fourth-order valence-electron chi connectivity index (χ4n) is 3.27. The molecule has 3 heterocycles. The third kappa shape index (κ3) is 4.56. The highest BCUT2D eigenvalue weighted by Crippen LogP contribution is 2.38. The Kier molecular flexibility index (Phi) is 6.64. The largest absolute Gasteiger partial charge is 0.381 e. The number of halogens is 1. The summed E-state index contributed by atoms with van der Waals surface area (Å²) in [5.41, 5.74) is 2.56. The zero-order valence-corrected chi connectivity index (χ0v) is 16.4.